The highest BCUT2D eigenvalue weighted by molar-refractivity contribution is 7.99. The van der Waals surface area contributed by atoms with Crippen LogP contribution in [0.5, 0.6) is 0 Å². The maximum atomic E-state index is 13.2. The van der Waals surface area contributed by atoms with E-state index in [1.54, 1.807) is 24.3 Å². The largest absolute Gasteiger partial charge is 0.336 e. The van der Waals surface area contributed by atoms with Gasteiger partial charge in [0, 0.05) is 0 Å². The van der Waals surface area contributed by atoms with E-state index in [0.717, 1.165) is 27.5 Å². The van der Waals surface area contributed by atoms with Crippen LogP contribution in [0, 0.1) is 6.92 Å². The van der Waals surface area contributed by atoms with Crippen LogP contribution in [0.25, 0.3) is 10.8 Å². The van der Waals surface area contributed by atoms with E-state index in [0.29, 0.717) is 5.16 Å². The number of nitrogens with two attached hydrogens (primary N) is 1. The molecule has 0 saturated carbocycles. The molecule has 0 radical (unpaired) electrons. The highest BCUT2D eigenvalue weighted by Gasteiger charge is 2.38. The highest BCUT2D eigenvalue weighted by atomic mass is 32.2. The Hall–Kier alpha value is -2.88. The number of aryl methyl sites for hydroxylation is 1. The number of aromatic nitrogens is 3. The van der Waals surface area contributed by atoms with E-state index in [1.165, 1.54) is 22.8 Å². The van der Waals surface area contributed by atoms with Gasteiger partial charge in [0.05, 0.1) is 16.2 Å². The minimum absolute atomic E-state index is 0.238. The van der Waals surface area contributed by atoms with Gasteiger partial charge in [-0.25, -0.2) is 17.8 Å². The number of nitrogens with zero attached hydrogens (tertiary/aromatic N) is 3. The number of benzene rings is 3. The first-order valence-electron chi connectivity index (χ1n) is 9.36. The second-order valence-corrected chi connectivity index (χ2v) is 10.1. The van der Waals surface area contributed by atoms with Crippen molar-refractivity contribution in [2.45, 2.75) is 28.3 Å². The van der Waals surface area contributed by atoms with Crippen LogP contribution in [0.15, 0.2) is 77.0 Å². The van der Waals surface area contributed by atoms with Gasteiger partial charge in [0.1, 0.15) is 6.33 Å². The van der Waals surface area contributed by atoms with Crippen LogP contribution in [-0.4, -0.2) is 23.3 Å². The summed E-state index contributed by atoms with van der Waals surface area (Å²) < 4.78 is 30.7. The lowest BCUT2D eigenvalue weighted by Crippen LogP contribution is -2.30. The van der Waals surface area contributed by atoms with Crippen LogP contribution in [0.1, 0.15) is 28.0 Å². The van der Waals surface area contributed by atoms with Crippen LogP contribution in [0.3, 0.4) is 0 Å². The summed E-state index contributed by atoms with van der Waals surface area (Å²) in [6.07, 6.45) is 1.43. The summed E-state index contributed by atoms with van der Waals surface area (Å²) in [6.45, 7) is 1.92. The zero-order chi connectivity index (χ0) is 20.9. The Bertz CT molecular complexity index is 1340. The molecule has 0 aliphatic heterocycles. The van der Waals surface area contributed by atoms with E-state index >= 15 is 0 Å². The fourth-order valence-electron chi connectivity index (χ4n) is 3.88. The maximum Gasteiger partial charge on any atom is 0.241 e. The van der Waals surface area contributed by atoms with Gasteiger partial charge in [-0.05, 0) is 41.0 Å². The molecule has 3 aromatic carbocycles. The Morgan fingerprint density at radius 1 is 1.03 bits per heavy atom. The Kier molecular flexibility index (Phi) is 4.53. The predicted octanol–water partition coefficient (Wildman–Crippen LogP) is 3.32. The molecule has 0 bridgehead atoms. The molecule has 152 valence electrons. The first-order chi connectivity index (χ1) is 14.4. The maximum absolute atomic E-state index is 13.2. The van der Waals surface area contributed by atoms with Gasteiger partial charge in [-0.2, -0.15) is 0 Å². The smallest absolute Gasteiger partial charge is 0.241 e. The molecule has 5 rings (SSSR count). The zero-order valence-corrected chi connectivity index (χ0v) is 17.7. The van der Waals surface area contributed by atoms with E-state index in [2.05, 4.69) is 14.9 Å². The molecule has 0 amide bonds. The molecule has 1 heterocycles. The van der Waals surface area contributed by atoms with E-state index in [1.807, 2.05) is 43.3 Å². The van der Waals surface area contributed by atoms with Gasteiger partial charge in [-0.15, -0.1) is 10.2 Å². The second-order valence-electron chi connectivity index (χ2n) is 7.26. The molecule has 7 nitrogen and oxygen atoms in total. The van der Waals surface area contributed by atoms with Crippen LogP contribution in [0.2, 0.25) is 0 Å². The zero-order valence-electron chi connectivity index (χ0n) is 16.1. The lowest BCUT2D eigenvalue weighted by Gasteiger charge is -2.22. The first-order valence-corrected chi connectivity index (χ1v) is 11.7. The van der Waals surface area contributed by atoms with E-state index < -0.39 is 16.1 Å². The quantitative estimate of drug-likeness (QED) is 0.464. The molecule has 0 saturated heterocycles. The standard InChI is InChI=1S/C21H19N5O2S2/c1-13-8-10-15(11-9-13)30(27,28)25-19-16-6-2-4-14-5-3-7-17(18(14)16)20(19)29-21-24-23-12-26(21)22/h2-12,19-20,25H,22H2,1H3/t19-,20-/m1/s1. The Labute approximate surface area is 178 Å². The molecule has 9 heteroatoms. The second kappa shape index (κ2) is 7.12. The van der Waals surface area contributed by atoms with E-state index in [9.17, 15) is 8.42 Å². The molecule has 0 spiro atoms. The molecule has 1 aromatic heterocycles. The lowest BCUT2D eigenvalue weighted by atomic mass is 10.1. The number of nitrogen functional groups attached to an aromatic ring is 1. The summed E-state index contributed by atoms with van der Waals surface area (Å²) in [5.74, 6) is 5.93. The van der Waals surface area contributed by atoms with Gasteiger partial charge < -0.3 is 5.84 Å². The summed E-state index contributed by atoms with van der Waals surface area (Å²) in [5, 5.41) is 10.3. The Balaban J connectivity index is 1.60. The predicted molar refractivity (Wildman–Crippen MR) is 117 cm³/mol. The summed E-state index contributed by atoms with van der Waals surface area (Å²) in [5.41, 5.74) is 3.00. The highest BCUT2D eigenvalue weighted by Crippen LogP contribution is 2.52. The van der Waals surface area contributed by atoms with Crippen molar-refractivity contribution >= 4 is 32.6 Å². The number of hydrogen-bond donors (Lipinski definition) is 2. The van der Waals surface area contributed by atoms with Gasteiger partial charge in [0.2, 0.25) is 15.2 Å². The third kappa shape index (κ3) is 3.15. The van der Waals surface area contributed by atoms with Crippen molar-refractivity contribution in [3.05, 3.63) is 83.7 Å². The van der Waals surface area contributed by atoms with Crippen LogP contribution in [-0.2, 0) is 10.0 Å². The molecule has 30 heavy (non-hydrogen) atoms. The SMILES string of the molecule is Cc1ccc(S(=O)(=O)N[C@@H]2c3cccc4cccc(c34)[C@H]2Sc2nncn2N)cc1. The van der Waals surface area contributed by atoms with Crippen molar-refractivity contribution in [2.24, 2.45) is 0 Å². The Morgan fingerprint density at radius 2 is 1.73 bits per heavy atom. The van der Waals surface area contributed by atoms with Crippen molar-refractivity contribution in [3.63, 3.8) is 0 Å². The lowest BCUT2D eigenvalue weighted by molar-refractivity contribution is 0.557. The molecule has 2 atom stereocenters. The number of rotatable bonds is 5. The molecule has 0 fully saturated rings. The topological polar surface area (TPSA) is 103 Å². The molecular formula is C21H19N5O2S2. The van der Waals surface area contributed by atoms with Crippen molar-refractivity contribution in [1.29, 1.82) is 0 Å². The van der Waals surface area contributed by atoms with Crippen LogP contribution >= 0.6 is 11.8 Å². The third-order valence-electron chi connectivity index (χ3n) is 5.30. The average molecular weight is 438 g/mol. The van der Waals surface area contributed by atoms with Crippen LogP contribution < -0.4 is 10.6 Å². The fraction of sp³-hybridized carbons (Fsp3) is 0.143. The molecule has 1 aliphatic rings. The van der Waals surface area contributed by atoms with E-state index in [-0.39, 0.29) is 10.1 Å². The Morgan fingerprint density at radius 3 is 2.40 bits per heavy atom. The van der Waals surface area contributed by atoms with Gasteiger partial charge in [-0.3, -0.25) is 0 Å². The number of sulfonamides is 1. The van der Waals surface area contributed by atoms with Crippen molar-refractivity contribution in [3.8, 4) is 0 Å². The number of nitrogens with one attached hydrogen (secondary N) is 1. The monoisotopic (exact) mass is 437 g/mol. The summed E-state index contributed by atoms with van der Waals surface area (Å²) in [6, 6.07) is 18.4. The minimum atomic E-state index is -3.73. The van der Waals surface area contributed by atoms with E-state index in [4.69, 9.17) is 5.84 Å². The molecular weight excluding hydrogens is 418 g/mol. The van der Waals surface area contributed by atoms with Crippen LogP contribution in [0.4, 0.5) is 0 Å². The van der Waals surface area contributed by atoms with Gasteiger partial charge >= 0.3 is 0 Å². The van der Waals surface area contributed by atoms with Gasteiger partial charge in [0.15, 0.2) is 0 Å². The van der Waals surface area contributed by atoms with Crippen molar-refractivity contribution in [1.82, 2.24) is 19.6 Å². The number of hydrogen-bond acceptors (Lipinski definition) is 6. The number of thioether (sulfide) groups is 1. The summed E-state index contributed by atoms with van der Waals surface area (Å²) >= 11 is 1.40. The first kappa shape index (κ1) is 19.1. The fourth-order valence-corrected chi connectivity index (χ4v) is 6.36. The van der Waals surface area contributed by atoms with Crippen molar-refractivity contribution < 1.29 is 8.42 Å². The van der Waals surface area contributed by atoms with Gasteiger partial charge in [0.25, 0.3) is 0 Å². The summed E-state index contributed by atoms with van der Waals surface area (Å²) in [4.78, 5) is 0.238. The minimum Gasteiger partial charge on any atom is -0.336 e. The third-order valence-corrected chi connectivity index (χ3v) is 8.04. The summed E-state index contributed by atoms with van der Waals surface area (Å²) in [7, 11) is -3.73. The van der Waals surface area contributed by atoms with Gasteiger partial charge in [-0.1, -0.05) is 65.9 Å². The normalized spacial score (nSPS) is 18.2. The molecule has 3 N–H and O–H groups in total. The molecule has 4 aromatic rings. The van der Waals surface area contributed by atoms with Crippen molar-refractivity contribution in [2.75, 3.05) is 5.84 Å². The molecule has 1 aliphatic carbocycles. The molecule has 0 unspecified atom stereocenters. The average Bonchev–Trinajstić information content (AvgIpc) is 3.26.